The van der Waals surface area contributed by atoms with Crippen molar-refractivity contribution in [2.45, 2.75) is 46.5 Å². The van der Waals surface area contributed by atoms with Crippen molar-refractivity contribution in [1.82, 2.24) is 0 Å². The van der Waals surface area contributed by atoms with Crippen LogP contribution < -0.4 is 0 Å². The molecule has 0 saturated heterocycles. The summed E-state index contributed by atoms with van der Waals surface area (Å²) in [6.45, 7) is 6.89. The molecule has 94 valence electrons. The van der Waals surface area contributed by atoms with Crippen LogP contribution in [0.1, 0.15) is 53.7 Å². The second kappa shape index (κ2) is 4.45. The number of carboxylic acid groups (broad SMARTS) is 1. The van der Waals surface area contributed by atoms with Gasteiger partial charge in [0.05, 0.1) is 0 Å². The van der Waals surface area contributed by atoms with E-state index in [-0.39, 0.29) is 0 Å². The molecule has 0 aliphatic heterocycles. The Morgan fingerprint density at radius 3 is 2.88 bits per heavy atom. The first kappa shape index (κ1) is 12.6. The normalized spacial score (nSPS) is 20.1. The molecule has 0 fully saturated rings. The molecule has 2 rings (SSSR count). The van der Waals surface area contributed by atoms with Gasteiger partial charge in [0, 0.05) is 4.88 Å². The van der Waals surface area contributed by atoms with E-state index in [0.29, 0.717) is 16.2 Å². The molecule has 0 aromatic carbocycles. The summed E-state index contributed by atoms with van der Waals surface area (Å²) in [4.78, 5) is 12.8. The smallest absolute Gasteiger partial charge is 0.345 e. The molecule has 1 atom stereocenters. The Balaban J connectivity index is 2.21. The van der Waals surface area contributed by atoms with Crippen LogP contribution in [0, 0.1) is 11.3 Å². The van der Waals surface area contributed by atoms with Crippen molar-refractivity contribution in [2.24, 2.45) is 11.3 Å². The molecule has 0 saturated carbocycles. The van der Waals surface area contributed by atoms with Crippen LogP contribution in [-0.2, 0) is 12.8 Å². The van der Waals surface area contributed by atoms with Gasteiger partial charge in [0.15, 0.2) is 0 Å². The molecule has 0 radical (unpaired) electrons. The number of rotatable bonds is 3. The van der Waals surface area contributed by atoms with Gasteiger partial charge >= 0.3 is 5.97 Å². The van der Waals surface area contributed by atoms with Gasteiger partial charge in [0.2, 0.25) is 0 Å². The monoisotopic (exact) mass is 252 g/mol. The minimum absolute atomic E-state index is 0.364. The van der Waals surface area contributed by atoms with E-state index in [9.17, 15) is 4.79 Å². The molecule has 1 N–H and O–H groups in total. The molecule has 2 nitrogen and oxygen atoms in total. The lowest BCUT2D eigenvalue weighted by molar-refractivity contribution is 0.0702. The molecule has 1 aromatic heterocycles. The molecule has 3 heteroatoms. The van der Waals surface area contributed by atoms with E-state index in [2.05, 4.69) is 20.8 Å². The van der Waals surface area contributed by atoms with Crippen LogP contribution >= 0.6 is 11.3 Å². The standard InChI is InChI=1S/C14H20O2S/c1-4-14(2,3)10-5-6-11-9(7-10)8-12(17-11)13(15)16/h8,10H,4-7H2,1-3H3,(H,15,16). The SMILES string of the molecule is CCC(C)(C)C1CCc2sc(C(=O)O)cc2C1. The predicted molar refractivity (Wildman–Crippen MR) is 70.9 cm³/mol. The Kier molecular flexibility index (Phi) is 3.30. The van der Waals surface area contributed by atoms with E-state index in [4.69, 9.17) is 5.11 Å². The van der Waals surface area contributed by atoms with Gasteiger partial charge in [-0.05, 0) is 42.2 Å². The Bertz CT molecular complexity index is 431. The summed E-state index contributed by atoms with van der Waals surface area (Å²) in [5.41, 5.74) is 1.65. The second-order valence-electron chi connectivity index (χ2n) is 5.65. The van der Waals surface area contributed by atoms with Crippen LogP contribution in [0.25, 0.3) is 0 Å². The van der Waals surface area contributed by atoms with Gasteiger partial charge in [0.1, 0.15) is 4.88 Å². The first-order valence-electron chi connectivity index (χ1n) is 6.29. The van der Waals surface area contributed by atoms with Crippen molar-refractivity contribution in [3.8, 4) is 0 Å². The highest BCUT2D eigenvalue weighted by atomic mass is 32.1. The van der Waals surface area contributed by atoms with Gasteiger partial charge in [-0.2, -0.15) is 0 Å². The maximum atomic E-state index is 11.0. The molecule has 17 heavy (non-hydrogen) atoms. The third kappa shape index (κ3) is 2.39. The average molecular weight is 252 g/mol. The summed E-state index contributed by atoms with van der Waals surface area (Å²) in [5, 5.41) is 9.02. The molecular formula is C14H20O2S. The van der Waals surface area contributed by atoms with E-state index in [1.54, 1.807) is 0 Å². The molecule has 1 heterocycles. The summed E-state index contributed by atoms with van der Waals surface area (Å²) in [6.07, 6.45) is 4.50. The van der Waals surface area contributed by atoms with Gasteiger partial charge in [-0.15, -0.1) is 11.3 Å². The van der Waals surface area contributed by atoms with Crippen LogP contribution in [0.3, 0.4) is 0 Å². The van der Waals surface area contributed by atoms with E-state index < -0.39 is 5.97 Å². The van der Waals surface area contributed by atoms with Crippen molar-refractivity contribution in [3.63, 3.8) is 0 Å². The lowest BCUT2D eigenvalue weighted by Gasteiger charge is -2.36. The number of hydrogen-bond acceptors (Lipinski definition) is 2. The summed E-state index contributed by atoms with van der Waals surface area (Å²) >= 11 is 1.46. The van der Waals surface area contributed by atoms with Crippen LogP contribution in [0.2, 0.25) is 0 Å². The van der Waals surface area contributed by atoms with E-state index in [0.717, 1.165) is 12.8 Å². The van der Waals surface area contributed by atoms with Gasteiger partial charge in [-0.1, -0.05) is 27.2 Å². The van der Waals surface area contributed by atoms with Crippen molar-refractivity contribution in [2.75, 3.05) is 0 Å². The Labute approximate surface area is 107 Å². The van der Waals surface area contributed by atoms with Crippen LogP contribution in [0.4, 0.5) is 0 Å². The third-order valence-electron chi connectivity index (χ3n) is 4.31. The first-order chi connectivity index (χ1) is 7.94. The number of aromatic carboxylic acids is 1. The summed E-state index contributed by atoms with van der Waals surface area (Å²) in [7, 11) is 0. The Morgan fingerprint density at radius 1 is 1.59 bits per heavy atom. The number of carboxylic acids is 1. The average Bonchev–Trinajstić information content (AvgIpc) is 2.71. The molecular weight excluding hydrogens is 232 g/mol. The van der Waals surface area contributed by atoms with Gasteiger partial charge < -0.3 is 5.11 Å². The molecule has 1 aliphatic carbocycles. The van der Waals surface area contributed by atoms with Gasteiger partial charge in [-0.3, -0.25) is 0 Å². The molecule has 0 bridgehead atoms. The number of hydrogen-bond donors (Lipinski definition) is 1. The van der Waals surface area contributed by atoms with E-state index >= 15 is 0 Å². The fourth-order valence-electron chi connectivity index (χ4n) is 2.58. The van der Waals surface area contributed by atoms with Crippen molar-refractivity contribution in [3.05, 3.63) is 21.4 Å². The van der Waals surface area contributed by atoms with Gasteiger partial charge in [-0.25, -0.2) is 4.79 Å². The number of aryl methyl sites for hydroxylation is 1. The maximum Gasteiger partial charge on any atom is 0.345 e. The first-order valence-corrected chi connectivity index (χ1v) is 7.10. The number of thiophene rings is 1. The fourth-order valence-corrected chi connectivity index (χ4v) is 3.63. The van der Waals surface area contributed by atoms with Crippen molar-refractivity contribution >= 4 is 17.3 Å². The van der Waals surface area contributed by atoms with Crippen LogP contribution in [-0.4, -0.2) is 11.1 Å². The Hall–Kier alpha value is -0.830. The molecule has 0 spiro atoms. The quantitative estimate of drug-likeness (QED) is 0.883. The van der Waals surface area contributed by atoms with Crippen LogP contribution in [0.15, 0.2) is 6.07 Å². The molecule has 1 unspecified atom stereocenters. The summed E-state index contributed by atoms with van der Waals surface area (Å²) < 4.78 is 0. The van der Waals surface area contributed by atoms with E-state index in [1.165, 1.54) is 34.6 Å². The fraction of sp³-hybridized carbons (Fsp3) is 0.643. The largest absolute Gasteiger partial charge is 0.477 e. The number of fused-ring (bicyclic) bond motifs is 1. The van der Waals surface area contributed by atoms with Crippen molar-refractivity contribution < 1.29 is 9.90 Å². The maximum absolute atomic E-state index is 11.0. The second-order valence-corrected chi connectivity index (χ2v) is 6.78. The predicted octanol–water partition coefficient (Wildman–Crippen LogP) is 3.99. The van der Waals surface area contributed by atoms with Crippen LogP contribution in [0.5, 0.6) is 0 Å². The lowest BCUT2D eigenvalue weighted by Crippen LogP contribution is -2.28. The third-order valence-corrected chi connectivity index (χ3v) is 5.54. The zero-order chi connectivity index (χ0) is 12.6. The topological polar surface area (TPSA) is 37.3 Å². The highest BCUT2D eigenvalue weighted by molar-refractivity contribution is 7.14. The molecule has 1 aromatic rings. The molecule has 0 amide bonds. The highest BCUT2D eigenvalue weighted by Gasteiger charge is 2.32. The van der Waals surface area contributed by atoms with Gasteiger partial charge in [0.25, 0.3) is 0 Å². The van der Waals surface area contributed by atoms with E-state index in [1.807, 2.05) is 6.07 Å². The summed E-state index contributed by atoms with van der Waals surface area (Å²) in [6, 6.07) is 1.89. The number of carbonyl (C=O) groups is 1. The lowest BCUT2D eigenvalue weighted by atomic mass is 9.69. The minimum Gasteiger partial charge on any atom is -0.477 e. The van der Waals surface area contributed by atoms with Crippen molar-refractivity contribution in [1.29, 1.82) is 0 Å². The Morgan fingerprint density at radius 2 is 2.29 bits per heavy atom. The zero-order valence-electron chi connectivity index (χ0n) is 10.7. The molecule has 1 aliphatic rings. The zero-order valence-corrected chi connectivity index (χ0v) is 11.6. The highest BCUT2D eigenvalue weighted by Crippen LogP contribution is 2.41. The minimum atomic E-state index is -0.782. The summed E-state index contributed by atoms with van der Waals surface area (Å²) in [5.74, 6) is -0.0908.